The number of aliphatic hydroxyl groups is 1. The van der Waals surface area contributed by atoms with Crippen LogP contribution in [0.4, 0.5) is 0 Å². The lowest BCUT2D eigenvalue weighted by molar-refractivity contribution is -0.146. The van der Waals surface area contributed by atoms with Crippen LogP contribution in [0.1, 0.15) is 11.7 Å². The van der Waals surface area contributed by atoms with Gasteiger partial charge in [0.2, 0.25) is 0 Å². The van der Waals surface area contributed by atoms with E-state index in [1.54, 1.807) is 0 Å². The molecule has 0 aromatic carbocycles. The highest BCUT2D eigenvalue weighted by molar-refractivity contribution is 5.85. The third-order valence-electron chi connectivity index (χ3n) is 1.92. The Morgan fingerprint density at radius 2 is 2.36 bits per heavy atom. The molecule has 2 aromatic rings. The molecule has 0 fully saturated rings. The predicted molar refractivity (Wildman–Crippen MR) is 46.5 cm³/mol. The van der Waals surface area contributed by atoms with Gasteiger partial charge in [0.1, 0.15) is 12.0 Å². The van der Waals surface area contributed by atoms with Gasteiger partial charge in [-0.1, -0.05) is 0 Å². The van der Waals surface area contributed by atoms with Crippen molar-refractivity contribution in [2.24, 2.45) is 0 Å². The molecular formula is C8H7N3O3. The highest BCUT2D eigenvalue weighted by Gasteiger charge is 2.19. The Morgan fingerprint density at radius 3 is 3.07 bits per heavy atom. The van der Waals surface area contributed by atoms with E-state index in [9.17, 15) is 9.90 Å². The maximum Gasteiger partial charge on any atom is 0.337 e. The Morgan fingerprint density at radius 1 is 1.57 bits per heavy atom. The molecule has 0 aliphatic carbocycles. The first kappa shape index (κ1) is 8.64. The molecule has 0 amide bonds. The largest absolute Gasteiger partial charge is 0.479 e. The molecule has 0 radical (unpaired) electrons. The van der Waals surface area contributed by atoms with E-state index in [0.29, 0.717) is 11.0 Å². The number of fused-ring (bicyclic) bond motifs is 1. The lowest BCUT2D eigenvalue weighted by atomic mass is 10.1. The third kappa shape index (κ3) is 1.21. The van der Waals surface area contributed by atoms with Crippen molar-refractivity contribution in [3.05, 3.63) is 24.3 Å². The van der Waals surface area contributed by atoms with Crippen LogP contribution in [0.25, 0.3) is 11.0 Å². The summed E-state index contributed by atoms with van der Waals surface area (Å²) in [6, 6.07) is 0. The Hall–Kier alpha value is -1.95. The number of carboxylic acid groups (broad SMARTS) is 1. The van der Waals surface area contributed by atoms with Gasteiger partial charge in [-0.3, -0.25) is 0 Å². The van der Waals surface area contributed by atoms with Gasteiger partial charge in [-0.2, -0.15) is 0 Å². The number of aliphatic carboxylic acids is 1. The lowest BCUT2D eigenvalue weighted by Crippen LogP contribution is -2.09. The molecule has 0 saturated carbocycles. The van der Waals surface area contributed by atoms with Crippen molar-refractivity contribution in [1.29, 1.82) is 0 Å². The van der Waals surface area contributed by atoms with Crippen LogP contribution in [-0.2, 0) is 4.79 Å². The van der Waals surface area contributed by atoms with Gasteiger partial charge in [0.15, 0.2) is 6.10 Å². The maximum absolute atomic E-state index is 10.5. The fourth-order valence-corrected chi connectivity index (χ4v) is 1.24. The van der Waals surface area contributed by atoms with Gasteiger partial charge < -0.3 is 15.2 Å². The molecule has 0 aliphatic rings. The molecule has 0 bridgehead atoms. The molecule has 14 heavy (non-hydrogen) atoms. The van der Waals surface area contributed by atoms with Crippen LogP contribution >= 0.6 is 0 Å². The Balaban J connectivity index is 2.58. The summed E-state index contributed by atoms with van der Waals surface area (Å²) >= 11 is 0. The van der Waals surface area contributed by atoms with Crippen LogP contribution in [-0.4, -0.2) is 31.1 Å². The zero-order valence-electron chi connectivity index (χ0n) is 7.01. The number of carbonyl (C=O) groups is 1. The Kier molecular flexibility index (Phi) is 1.90. The number of aliphatic hydroxyl groups excluding tert-OH is 1. The van der Waals surface area contributed by atoms with E-state index < -0.39 is 12.1 Å². The van der Waals surface area contributed by atoms with Crippen LogP contribution < -0.4 is 0 Å². The van der Waals surface area contributed by atoms with Gasteiger partial charge >= 0.3 is 5.97 Å². The van der Waals surface area contributed by atoms with E-state index in [1.807, 2.05) is 0 Å². The number of hydrogen-bond donors (Lipinski definition) is 3. The molecule has 2 rings (SSSR count). The van der Waals surface area contributed by atoms with Crippen molar-refractivity contribution in [2.45, 2.75) is 6.10 Å². The van der Waals surface area contributed by atoms with Crippen molar-refractivity contribution >= 4 is 17.0 Å². The van der Waals surface area contributed by atoms with E-state index >= 15 is 0 Å². The second kappa shape index (κ2) is 3.08. The SMILES string of the molecule is O=C(O)C(O)c1c[nH]c2ncncc12. The minimum absolute atomic E-state index is 0.271. The number of H-pyrrole nitrogens is 1. The number of nitrogens with one attached hydrogen (secondary N) is 1. The summed E-state index contributed by atoms with van der Waals surface area (Å²) in [7, 11) is 0. The van der Waals surface area contributed by atoms with Gasteiger partial charge in [-0.05, 0) is 0 Å². The first-order valence-corrected chi connectivity index (χ1v) is 3.88. The molecule has 72 valence electrons. The number of rotatable bonds is 2. The molecule has 1 unspecified atom stereocenters. The first-order valence-electron chi connectivity index (χ1n) is 3.88. The summed E-state index contributed by atoms with van der Waals surface area (Å²) < 4.78 is 0. The van der Waals surface area contributed by atoms with E-state index in [0.717, 1.165) is 0 Å². The van der Waals surface area contributed by atoms with Gasteiger partial charge in [0.25, 0.3) is 0 Å². The van der Waals surface area contributed by atoms with E-state index in [2.05, 4.69) is 15.0 Å². The molecule has 6 nitrogen and oxygen atoms in total. The van der Waals surface area contributed by atoms with Crippen molar-refractivity contribution in [2.75, 3.05) is 0 Å². The molecule has 0 saturated heterocycles. The second-order valence-corrected chi connectivity index (χ2v) is 2.77. The van der Waals surface area contributed by atoms with Crippen LogP contribution in [0.2, 0.25) is 0 Å². The molecular weight excluding hydrogens is 186 g/mol. The van der Waals surface area contributed by atoms with E-state index in [-0.39, 0.29) is 5.56 Å². The number of carboxylic acids is 1. The fraction of sp³-hybridized carbons (Fsp3) is 0.125. The number of aromatic nitrogens is 3. The van der Waals surface area contributed by atoms with Gasteiger partial charge in [0, 0.05) is 23.3 Å². The van der Waals surface area contributed by atoms with E-state index in [1.165, 1.54) is 18.7 Å². The summed E-state index contributed by atoms with van der Waals surface area (Å²) in [6.07, 6.45) is 2.67. The van der Waals surface area contributed by atoms with Crippen molar-refractivity contribution in [3.63, 3.8) is 0 Å². The molecule has 6 heteroatoms. The van der Waals surface area contributed by atoms with Crippen molar-refractivity contribution in [3.8, 4) is 0 Å². The lowest BCUT2D eigenvalue weighted by Gasteiger charge is -2.01. The smallest absolute Gasteiger partial charge is 0.337 e. The summed E-state index contributed by atoms with van der Waals surface area (Å²) in [6.45, 7) is 0. The zero-order chi connectivity index (χ0) is 10.1. The summed E-state index contributed by atoms with van der Waals surface area (Å²) in [5, 5.41) is 18.4. The van der Waals surface area contributed by atoms with Gasteiger partial charge in [-0.15, -0.1) is 0 Å². The summed E-state index contributed by atoms with van der Waals surface area (Å²) in [5.41, 5.74) is 0.781. The van der Waals surface area contributed by atoms with Gasteiger partial charge in [0.05, 0.1) is 0 Å². The van der Waals surface area contributed by atoms with Crippen LogP contribution in [0.15, 0.2) is 18.7 Å². The molecule has 2 heterocycles. The monoisotopic (exact) mass is 193 g/mol. The highest BCUT2D eigenvalue weighted by Crippen LogP contribution is 2.21. The van der Waals surface area contributed by atoms with Crippen molar-refractivity contribution in [1.82, 2.24) is 15.0 Å². The second-order valence-electron chi connectivity index (χ2n) is 2.77. The topological polar surface area (TPSA) is 99.1 Å². The quantitative estimate of drug-likeness (QED) is 0.627. The highest BCUT2D eigenvalue weighted by atomic mass is 16.4. The standard InChI is InChI=1S/C8H7N3O3/c12-6(8(13)14)4-2-10-7-5(4)1-9-3-11-7/h1-3,6,12H,(H,13,14)(H,9,10,11). The van der Waals surface area contributed by atoms with E-state index in [4.69, 9.17) is 5.11 Å². The van der Waals surface area contributed by atoms with Crippen molar-refractivity contribution < 1.29 is 15.0 Å². The first-order chi connectivity index (χ1) is 6.70. The molecule has 1 atom stereocenters. The predicted octanol–water partition coefficient (Wildman–Crippen LogP) is 0.0759. The average Bonchev–Trinajstić information content (AvgIpc) is 2.60. The third-order valence-corrected chi connectivity index (χ3v) is 1.92. The zero-order valence-corrected chi connectivity index (χ0v) is 7.01. The number of nitrogens with zero attached hydrogens (tertiary/aromatic N) is 2. The van der Waals surface area contributed by atoms with Gasteiger partial charge in [-0.25, -0.2) is 14.8 Å². The number of aromatic amines is 1. The maximum atomic E-state index is 10.5. The van der Waals surface area contributed by atoms with Crippen LogP contribution in [0.5, 0.6) is 0 Å². The van der Waals surface area contributed by atoms with Crippen LogP contribution in [0.3, 0.4) is 0 Å². The Labute approximate surface area is 78.2 Å². The van der Waals surface area contributed by atoms with Crippen LogP contribution in [0, 0.1) is 0 Å². The minimum Gasteiger partial charge on any atom is -0.479 e. The minimum atomic E-state index is -1.55. The Bertz CT molecular complexity index is 479. The average molecular weight is 193 g/mol. The summed E-state index contributed by atoms with van der Waals surface area (Å²) in [4.78, 5) is 20.9. The summed E-state index contributed by atoms with van der Waals surface area (Å²) in [5.74, 6) is -1.30. The number of hydrogen-bond acceptors (Lipinski definition) is 4. The normalized spacial score (nSPS) is 12.9. The molecule has 0 spiro atoms. The molecule has 2 aromatic heterocycles. The molecule has 3 N–H and O–H groups in total. The fourth-order valence-electron chi connectivity index (χ4n) is 1.24. The molecule has 0 aliphatic heterocycles.